The van der Waals surface area contributed by atoms with Crippen LogP contribution in [0.1, 0.15) is 39.7 Å². The first-order chi connectivity index (χ1) is 12.7. The Morgan fingerprint density at radius 1 is 1.29 bits per heavy atom. The van der Waals surface area contributed by atoms with Crippen molar-refractivity contribution in [2.45, 2.75) is 56.6 Å². The van der Waals surface area contributed by atoms with Gasteiger partial charge in [-0.3, -0.25) is 0 Å². The molecule has 0 aliphatic carbocycles. The fourth-order valence-electron chi connectivity index (χ4n) is 2.80. The first-order valence-electron chi connectivity index (χ1n) is 8.62. The van der Waals surface area contributed by atoms with Crippen LogP contribution in [0.4, 0.5) is 9.18 Å². The number of halogens is 1. The molecule has 0 saturated carbocycles. The van der Waals surface area contributed by atoms with Crippen LogP contribution in [0.3, 0.4) is 0 Å². The standard InChI is InChI=1S/C19H27FN2O5S/c1-18(2,3)27-17(23)22-19(4,14-9-7-8-10-15(14)20)16(26-5)11-13(12-21)28(6,24)25/h7-10,13,16H,11H2,1-6H3,(H,22,23)/t13?,16?,19-/m1/s1. The zero-order chi connectivity index (χ0) is 21.8. The van der Waals surface area contributed by atoms with Gasteiger partial charge < -0.3 is 14.8 Å². The Kier molecular flexibility index (Phi) is 7.57. The lowest BCUT2D eigenvalue weighted by molar-refractivity contribution is 0.000932. The number of rotatable bonds is 7. The third-order valence-electron chi connectivity index (χ3n) is 4.21. The lowest BCUT2D eigenvalue weighted by Gasteiger charge is -2.39. The minimum absolute atomic E-state index is 0.0814. The number of amides is 1. The van der Waals surface area contributed by atoms with Crippen LogP contribution < -0.4 is 5.32 Å². The maximum atomic E-state index is 14.6. The molecule has 1 N–H and O–H groups in total. The second kappa shape index (κ2) is 8.88. The summed E-state index contributed by atoms with van der Waals surface area (Å²) in [6, 6.07) is 7.48. The van der Waals surface area contributed by atoms with Crippen molar-refractivity contribution in [1.82, 2.24) is 5.32 Å². The van der Waals surface area contributed by atoms with E-state index in [1.165, 1.54) is 32.2 Å². The van der Waals surface area contributed by atoms with E-state index in [0.717, 1.165) is 6.26 Å². The molecule has 2 unspecified atom stereocenters. The van der Waals surface area contributed by atoms with Crippen molar-refractivity contribution in [2.75, 3.05) is 13.4 Å². The van der Waals surface area contributed by atoms with Gasteiger partial charge in [0.15, 0.2) is 9.84 Å². The molecule has 0 aliphatic heterocycles. The van der Waals surface area contributed by atoms with E-state index in [4.69, 9.17) is 9.47 Å². The van der Waals surface area contributed by atoms with Gasteiger partial charge >= 0.3 is 6.09 Å². The largest absolute Gasteiger partial charge is 0.444 e. The fraction of sp³-hybridized carbons (Fsp3) is 0.579. The van der Waals surface area contributed by atoms with Crippen LogP contribution >= 0.6 is 0 Å². The van der Waals surface area contributed by atoms with Crippen LogP contribution in [-0.4, -0.2) is 44.8 Å². The smallest absolute Gasteiger partial charge is 0.408 e. The molecule has 0 saturated heterocycles. The second-order valence-electron chi connectivity index (χ2n) is 7.72. The number of ether oxygens (including phenoxy) is 2. The number of sulfone groups is 1. The van der Waals surface area contributed by atoms with Crippen LogP contribution in [0.5, 0.6) is 0 Å². The highest BCUT2D eigenvalue weighted by atomic mass is 32.2. The molecule has 3 atom stereocenters. The van der Waals surface area contributed by atoms with E-state index in [2.05, 4.69) is 5.32 Å². The predicted octanol–water partition coefficient (Wildman–Crippen LogP) is 2.91. The number of nitriles is 1. The Bertz CT molecular complexity index is 845. The summed E-state index contributed by atoms with van der Waals surface area (Å²) in [6.45, 7) is 6.53. The van der Waals surface area contributed by atoms with Gasteiger partial charge in [-0.15, -0.1) is 0 Å². The Morgan fingerprint density at radius 2 is 1.86 bits per heavy atom. The molecular formula is C19H27FN2O5S. The molecular weight excluding hydrogens is 387 g/mol. The molecule has 156 valence electrons. The fourth-order valence-corrected chi connectivity index (χ4v) is 3.52. The Labute approximate surface area is 165 Å². The maximum absolute atomic E-state index is 14.6. The normalized spacial score (nSPS) is 16.4. The lowest BCUT2D eigenvalue weighted by Crippen LogP contribution is -2.55. The number of methoxy groups -OCH3 is 1. The highest BCUT2D eigenvalue weighted by molar-refractivity contribution is 7.91. The molecule has 0 spiro atoms. The van der Waals surface area contributed by atoms with Gasteiger partial charge in [0.2, 0.25) is 0 Å². The number of benzene rings is 1. The molecule has 7 nitrogen and oxygen atoms in total. The van der Waals surface area contributed by atoms with Crippen LogP contribution in [0.25, 0.3) is 0 Å². The predicted molar refractivity (Wildman–Crippen MR) is 103 cm³/mol. The minimum atomic E-state index is -3.71. The van der Waals surface area contributed by atoms with Gasteiger partial charge in [-0.2, -0.15) is 5.26 Å². The second-order valence-corrected chi connectivity index (χ2v) is 9.94. The summed E-state index contributed by atoms with van der Waals surface area (Å²) in [4.78, 5) is 12.4. The van der Waals surface area contributed by atoms with E-state index < -0.39 is 44.2 Å². The molecule has 0 radical (unpaired) electrons. The number of alkyl carbamates (subject to hydrolysis) is 1. The van der Waals surface area contributed by atoms with E-state index in [1.807, 2.05) is 0 Å². The molecule has 0 bridgehead atoms. The quantitative estimate of drug-likeness (QED) is 0.735. The summed E-state index contributed by atoms with van der Waals surface area (Å²) in [5.41, 5.74) is -2.22. The van der Waals surface area contributed by atoms with Crippen LogP contribution in [-0.2, 0) is 24.8 Å². The monoisotopic (exact) mass is 414 g/mol. The van der Waals surface area contributed by atoms with Crippen molar-refractivity contribution in [3.63, 3.8) is 0 Å². The highest BCUT2D eigenvalue weighted by Crippen LogP contribution is 2.32. The molecule has 0 fully saturated rings. The number of carbonyl (C=O) groups excluding carboxylic acids is 1. The van der Waals surface area contributed by atoms with E-state index >= 15 is 0 Å². The highest BCUT2D eigenvalue weighted by Gasteiger charge is 2.43. The van der Waals surface area contributed by atoms with Crippen molar-refractivity contribution >= 4 is 15.9 Å². The van der Waals surface area contributed by atoms with Crippen molar-refractivity contribution in [3.05, 3.63) is 35.6 Å². The van der Waals surface area contributed by atoms with Gasteiger partial charge in [0.25, 0.3) is 0 Å². The van der Waals surface area contributed by atoms with Gasteiger partial charge in [0, 0.05) is 25.3 Å². The van der Waals surface area contributed by atoms with Crippen molar-refractivity contribution in [3.8, 4) is 6.07 Å². The van der Waals surface area contributed by atoms with Crippen molar-refractivity contribution in [2.24, 2.45) is 0 Å². The molecule has 0 aliphatic rings. The van der Waals surface area contributed by atoms with Gasteiger partial charge in [0.05, 0.1) is 17.7 Å². The Balaban J connectivity index is 3.42. The third kappa shape index (κ3) is 6.17. The first kappa shape index (κ1) is 23.9. The van der Waals surface area contributed by atoms with E-state index in [9.17, 15) is 22.9 Å². The molecule has 1 aromatic carbocycles. The first-order valence-corrected chi connectivity index (χ1v) is 10.6. The summed E-state index contributed by atoms with van der Waals surface area (Å²) in [6.07, 6.45) is -1.19. The summed E-state index contributed by atoms with van der Waals surface area (Å²) < 4.78 is 49.1. The molecule has 0 aromatic heterocycles. The van der Waals surface area contributed by atoms with Crippen molar-refractivity contribution < 1.29 is 27.1 Å². The molecule has 28 heavy (non-hydrogen) atoms. The number of hydrogen-bond acceptors (Lipinski definition) is 6. The Hall–Kier alpha value is -2.18. The average molecular weight is 414 g/mol. The van der Waals surface area contributed by atoms with Crippen LogP contribution in [0.15, 0.2) is 24.3 Å². The minimum Gasteiger partial charge on any atom is -0.444 e. The molecule has 1 aromatic rings. The van der Waals surface area contributed by atoms with Gasteiger partial charge in [-0.05, 0) is 33.8 Å². The zero-order valence-electron chi connectivity index (χ0n) is 16.9. The van der Waals surface area contributed by atoms with E-state index in [-0.39, 0.29) is 12.0 Å². The number of nitrogens with one attached hydrogen (secondary N) is 1. The van der Waals surface area contributed by atoms with Gasteiger partial charge in [-0.25, -0.2) is 17.6 Å². The number of nitrogens with zero attached hydrogens (tertiary/aromatic N) is 1. The zero-order valence-corrected chi connectivity index (χ0v) is 17.8. The Morgan fingerprint density at radius 3 is 2.29 bits per heavy atom. The van der Waals surface area contributed by atoms with E-state index in [1.54, 1.807) is 32.9 Å². The average Bonchev–Trinajstić information content (AvgIpc) is 2.52. The molecule has 0 heterocycles. The topological polar surface area (TPSA) is 105 Å². The summed E-state index contributed by atoms with van der Waals surface area (Å²) in [5.74, 6) is -0.615. The molecule has 9 heteroatoms. The van der Waals surface area contributed by atoms with E-state index in [0.29, 0.717) is 0 Å². The number of hydrogen-bond donors (Lipinski definition) is 1. The van der Waals surface area contributed by atoms with Gasteiger partial charge in [0.1, 0.15) is 16.7 Å². The molecule has 1 amide bonds. The number of carbonyl (C=O) groups is 1. The summed E-state index contributed by atoms with van der Waals surface area (Å²) in [5, 5.41) is 10.5. The summed E-state index contributed by atoms with van der Waals surface area (Å²) >= 11 is 0. The van der Waals surface area contributed by atoms with Crippen molar-refractivity contribution in [1.29, 1.82) is 5.26 Å². The van der Waals surface area contributed by atoms with Crippen LogP contribution in [0.2, 0.25) is 0 Å². The third-order valence-corrected chi connectivity index (χ3v) is 5.54. The summed E-state index contributed by atoms with van der Waals surface area (Å²) in [7, 11) is -2.41. The maximum Gasteiger partial charge on any atom is 0.408 e. The molecule has 1 rings (SSSR count). The lowest BCUT2D eigenvalue weighted by atomic mass is 9.83. The SMILES string of the molecule is COC(CC(C#N)S(C)(=O)=O)[C@](C)(NC(=O)OC(C)(C)C)c1ccccc1F. The van der Waals surface area contributed by atoms with Gasteiger partial charge in [-0.1, -0.05) is 18.2 Å². The van der Waals surface area contributed by atoms with Crippen LogP contribution in [0, 0.1) is 17.1 Å².